The third-order valence-electron chi connectivity index (χ3n) is 5.53. The van der Waals surface area contributed by atoms with Gasteiger partial charge in [-0.3, -0.25) is 4.79 Å². The van der Waals surface area contributed by atoms with Crippen molar-refractivity contribution < 1.29 is 18.7 Å². The van der Waals surface area contributed by atoms with Gasteiger partial charge in [0.05, 0.1) is 29.4 Å². The van der Waals surface area contributed by atoms with Crippen molar-refractivity contribution in [3.05, 3.63) is 59.7 Å². The molecule has 2 heterocycles. The van der Waals surface area contributed by atoms with Gasteiger partial charge in [0.1, 0.15) is 23.7 Å². The van der Waals surface area contributed by atoms with Gasteiger partial charge in [0.2, 0.25) is 5.91 Å². The summed E-state index contributed by atoms with van der Waals surface area (Å²) in [5.41, 5.74) is 2.00. The molecule has 1 aromatic heterocycles. The summed E-state index contributed by atoms with van der Waals surface area (Å²) in [6.07, 6.45) is 5.68. The number of hydrogen-bond donors (Lipinski definition) is 2. The van der Waals surface area contributed by atoms with Crippen molar-refractivity contribution in [1.82, 2.24) is 14.9 Å². The molecule has 35 heavy (non-hydrogen) atoms. The first-order chi connectivity index (χ1) is 16.9. The number of likely N-dealkylation sites (N-methyl/N-ethyl adjacent to an activating group) is 1. The number of aromatic nitrogens is 2. The molecule has 1 atom stereocenters. The maximum absolute atomic E-state index is 13.6. The highest BCUT2D eigenvalue weighted by molar-refractivity contribution is 6.31. The molecule has 1 aliphatic heterocycles. The Bertz CT molecular complexity index is 1230. The van der Waals surface area contributed by atoms with Crippen LogP contribution in [0.25, 0.3) is 10.9 Å². The van der Waals surface area contributed by atoms with Crippen LogP contribution >= 0.6 is 11.6 Å². The third kappa shape index (κ3) is 6.37. The highest BCUT2D eigenvalue weighted by atomic mass is 35.5. The SMILES string of the molecule is CN(C)C(=O)C=CCNc1cc2c(Nc3ccc(F)c(Cl)c3)ncnc2cc1OCC1CCOC1. The lowest BCUT2D eigenvalue weighted by Crippen LogP contribution is -2.19. The molecule has 184 valence electrons. The van der Waals surface area contributed by atoms with Gasteiger partial charge in [-0.2, -0.15) is 0 Å². The Labute approximate surface area is 208 Å². The molecule has 1 saturated heterocycles. The van der Waals surface area contributed by atoms with Crippen molar-refractivity contribution in [3.63, 3.8) is 0 Å². The zero-order valence-corrected chi connectivity index (χ0v) is 20.3. The standard InChI is InChI=1S/C25H27ClFN5O3/c1-32(2)24(33)4-3-8-28-22-11-18-21(12-23(22)35-14-16-7-9-34-13-16)29-15-30-25(18)31-17-5-6-20(27)19(26)10-17/h3-6,10-12,15-16,28H,7-9,13-14H2,1-2H3,(H,29,30,31). The predicted molar refractivity (Wildman–Crippen MR) is 135 cm³/mol. The van der Waals surface area contributed by atoms with E-state index >= 15 is 0 Å². The van der Waals surface area contributed by atoms with Gasteiger partial charge in [-0.1, -0.05) is 17.7 Å². The number of nitrogens with one attached hydrogen (secondary N) is 2. The number of anilines is 3. The molecule has 10 heteroatoms. The van der Waals surface area contributed by atoms with Crippen molar-refractivity contribution in [3.8, 4) is 5.75 Å². The second kappa shape index (κ2) is 11.3. The Kier molecular flexibility index (Phi) is 7.99. The van der Waals surface area contributed by atoms with Gasteiger partial charge in [-0.25, -0.2) is 14.4 Å². The van der Waals surface area contributed by atoms with Gasteiger partial charge >= 0.3 is 0 Å². The summed E-state index contributed by atoms with van der Waals surface area (Å²) in [5, 5.41) is 7.25. The topological polar surface area (TPSA) is 88.6 Å². The third-order valence-corrected chi connectivity index (χ3v) is 5.82. The van der Waals surface area contributed by atoms with E-state index in [1.54, 1.807) is 26.2 Å². The Hall–Kier alpha value is -3.43. The van der Waals surface area contributed by atoms with Gasteiger partial charge in [0, 0.05) is 56.4 Å². The van der Waals surface area contributed by atoms with Crippen molar-refractivity contribution in [1.29, 1.82) is 0 Å². The summed E-state index contributed by atoms with van der Waals surface area (Å²) >= 11 is 5.93. The van der Waals surface area contributed by atoms with Gasteiger partial charge in [0.15, 0.2) is 0 Å². The number of fused-ring (bicyclic) bond motifs is 1. The highest BCUT2D eigenvalue weighted by Gasteiger charge is 2.18. The van der Waals surface area contributed by atoms with E-state index in [2.05, 4.69) is 20.6 Å². The fraction of sp³-hybridized carbons (Fsp3) is 0.320. The summed E-state index contributed by atoms with van der Waals surface area (Å²) in [4.78, 5) is 22.1. The van der Waals surface area contributed by atoms with Crippen LogP contribution in [-0.4, -0.2) is 61.2 Å². The maximum Gasteiger partial charge on any atom is 0.245 e. The van der Waals surface area contributed by atoms with E-state index in [1.807, 2.05) is 12.1 Å². The van der Waals surface area contributed by atoms with E-state index in [1.165, 1.54) is 29.4 Å². The van der Waals surface area contributed by atoms with Gasteiger partial charge in [-0.05, 0) is 30.7 Å². The number of ether oxygens (including phenoxy) is 2. The molecule has 1 fully saturated rings. The molecule has 2 N–H and O–H groups in total. The molecule has 0 aliphatic carbocycles. The lowest BCUT2D eigenvalue weighted by molar-refractivity contribution is -0.123. The Balaban J connectivity index is 1.62. The number of benzene rings is 2. The fourth-order valence-electron chi connectivity index (χ4n) is 3.55. The van der Waals surface area contributed by atoms with Crippen molar-refractivity contribution in [2.24, 2.45) is 5.92 Å². The average molecular weight is 500 g/mol. The molecule has 1 aliphatic rings. The quantitative estimate of drug-likeness (QED) is 0.415. The second-order valence-corrected chi connectivity index (χ2v) is 8.81. The number of hydrogen-bond acceptors (Lipinski definition) is 7. The molecule has 0 spiro atoms. The second-order valence-electron chi connectivity index (χ2n) is 8.40. The lowest BCUT2D eigenvalue weighted by Gasteiger charge is -2.17. The molecule has 0 radical (unpaired) electrons. The van der Waals surface area contributed by atoms with E-state index < -0.39 is 5.82 Å². The zero-order valence-electron chi connectivity index (χ0n) is 19.6. The molecule has 4 rings (SSSR count). The highest BCUT2D eigenvalue weighted by Crippen LogP contribution is 2.34. The van der Waals surface area contributed by atoms with E-state index in [4.69, 9.17) is 21.1 Å². The van der Waals surface area contributed by atoms with Crippen LogP contribution in [-0.2, 0) is 9.53 Å². The van der Waals surface area contributed by atoms with Crippen LogP contribution in [0.3, 0.4) is 0 Å². The van der Waals surface area contributed by atoms with Gasteiger partial charge in [0.25, 0.3) is 0 Å². The van der Waals surface area contributed by atoms with Gasteiger partial charge in [-0.15, -0.1) is 0 Å². The normalized spacial score (nSPS) is 15.5. The molecule has 1 unspecified atom stereocenters. The zero-order chi connectivity index (χ0) is 24.8. The van der Waals surface area contributed by atoms with E-state index in [0.717, 1.165) is 24.1 Å². The Morgan fingerprint density at radius 3 is 2.91 bits per heavy atom. The van der Waals surface area contributed by atoms with E-state index in [-0.39, 0.29) is 10.9 Å². The molecular weight excluding hydrogens is 473 g/mol. The summed E-state index contributed by atoms with van der Waals surface area (Å²) in [6.45, 7) is 2.37. The van der Waals surface area contributed by atoms with Crippen LogP contribution in [0.2, 0.25) is 5.02 Å². The number of carbonyl (C=O) groups is 1. The van der Waals surface area contributed by atoms with Crippen LogP contribution in [0, 0.1) is 11.7 Å². The van der Waals surface area contributed by atoms with Crippen LogP contribution in [0.15, 0.2) is 48.8 Å². The van der Waals surface area contributed by atoms with Crippen LogP contribution in [0.4, 0.5) is 21.6 Å². The first-order valence-electron chi connectivity index (χ1n) is 11.2. The van der Waals surface area contributed by atoms with Crippen LogP contribution < -0.4 is 15.4 Å². The smallest absolute Gasteiger partial charge is 0.245 e. The molecule has 0 bridgehead atoms. The lowest BCUT2D eigenvalue weighted by atomic mass is 10.1. The van der Waals surface area contributed by atoms with Crippen LogP contribution in [0.5, 0.6) is 5.75 Å². The minimum absolute atomic E-state index is 0.0151. The molecule has 0 saturated carbocycles. The molecule has 2 aromatic carbocycles. The number of nitrogens with zero attached hydrogens (tertiary/aromatic N) is 3. The number of rotatable bonds is 9. The minimum Gasteiger partial charge on any atom is -0.491 e. The summed E-state index contributed by atoms with van der Waals surface area (Å²) < 4.78 is 25.2. The largest absolute Gasteiger partial charge is 0.491 e. The number of halogens is 2. The first kappa shape index (κ1) is 24.7. The Morgan fingerprint density at radius 1 is 1.31 bits per heavy atom. The Morgan fingerprint density at radius 2 is 2.17 bits per heavy atom. The molecule has 8 nitrogen and oxygen atoms in total. The van der Waals surface area contributed by atoms with Crippen molar-refractivity contribution in [2.75, 3.05) is 51.1 Å². The molecule has 1 amide bonds. The average Bonchev–Trinajstić information content (AvgIpc) is 3.36. The predicted octanol–water partition coefficient (Wildman–Crippen LogP) is 4.64. The molecular formula is C25H27ClFN5O3. The number of carbonyl (C=O) groups excluding carboxylic acids is 1. The van der Waals surface area contributed by atoms with E-state index in [9.17, 15) is 9.18 Å². The summed E-state index contributed by atoms with van der Waals surface area (Å²) in [7, 11) is 3.40. The maximum atomic E-state index is 13.6. The van der Waals surface area contributed by atoms with Gasteiger partial charge < -0.3 is 25.0 Å². The minimum atomic E-state index is -0.494. The fourth-order valence-corrected chi connectivity index (χ4v) is 3.73. The van der Waals surface area contributed by atoms with Crippen LogP contribution in [0.1, 0.15) is 6.42 Å². The molecule has 3 aromatic rings. The van der Waals surface area contributed by atoms with E-state index in [0.29, 0.717) is 48.4 Å². The summed E-state index contributed by atoms with van der Waals surface area (Å²) in [5.74, 6) is 0.926. The number of amides is 1. The summed E-state index contributed by atoms with van der Waals surface area (Å²) in [6, 6.07) is 8.12. The first-order valence-corrected chi connectivity index (χ1v) is 11.6. The van der Waals surface area contributed by atoms with Crippen molar-refractivity contribution >= 4 is 45.6 Å². The monoisotopic (exact) mass is 499 g/mol. The van der Waals surface area contributed by atoms with Crippen molar-refractivity contribution in [2.45, 2.75) is 6.42 Å².